The van der Waals surface area contributed by atoms with E-state index < -0.39 is 0 Å². The number of carbonyl (C=O) groups is 1. The molecule has 5 nitrogen and oxygen atoms in total. The Labute approximate surface area is 107 Å². The number of aryl methyl sites for hydroxylation is 1. The van der Waals surface area contributed by atoms with E-state index >= 15 is 0 Å². The summed E-state index contributed by atoms with van der Waals surface area (Å²) in [5, 5.41) is 3.35. The Hall–Kier alpha value is -1.33. The zero-order valence-electron chi connectivity index (χ0n) is 11.2. The van der Waals surface area contributed by atoms with Gasteiger partial charge in [-0.15, -0.1) is 0 Å². The van der Waals surface area contributed by atoms with Gasteiger partial charge in [-0.05, 0) is 19.9 Å². The van der Waals surface area contributed by atoms with Crippen molar-refractivity contribution in [2.45, 2.75) is 26.4 Å². The van der Waals surface area contributed by atoms with Crippen LogP contribution in [-0.2, 0) is 11.3 Å². The number of nitrogens with one attached hydrogen (secondary N) is 1. The number of carbonyl (C=O) groups excluding carboxylic acids is 1. The summed E-state index contributed by atoms with van der Waals surface area (Å²) in [7, 11) is 1.38. The summed E-state index contributed by atoms with van der Waals surface area (Å²) in [6, 6.07) is 2.27. The van der Waals surface area contributed by atoms with Crippen LogP contribution in [-0.4, -0.2) is 43.7 Å². The van der Waals surface area contributed by atoms with E-state index in [0.717, 1.165) is 31.9 Å². The summed E-state index contributed by atoms with van der Waals surface area (Å²) in [6.07, 6.45) is 0. The molecule has 18 heavy (non-hydrogen) atoms. The average molecular weight is 252 g/mol. The molecule has 1 fully saturated rings. The lowest BCUT2D eigenvalue weighted by molar-refractivity contribution is 0.0599. The van der Waals surface area contributed by atoms with Crippen LogP contribution in [0, 0.1) is 6.92 Å². The van der Waals surface area contributed by atoms with Gasteiger partial charge in [0.2, 0.25) is 0 Å². The van der Waals surface area contributed by atoms with Crippen LogP contribution in [0.15, 0.2) is 10.5 Å². The Balaban J connectivity index is 2.07. The molecular weight excluding hydrogens is 232 g/mol. The average Bonchev–Trinajstić information content (AvgIpc) is 2.72. The lowest BCUT2D eigenvalue weighted by Crippen LogP contribution is -2.49. The van der Waals surface area contributed by atoms with Crippen LogP contribution >= 0.6 is 0 Å². The lowest BCUT2D eigenvalue weighted by Gasteiger charge is -2.33. The standard InChI is InChI=1S/C13H20N2O3/c1-9-7-14-4-5-15(9)8-11-6-12(10(2)18-11)13(16)17-3/h6,9,14H,4-5,7-8H2,1-3H3/t9-/m1/s1. The number of furan rings is 1. The van der Waals surface area contributed by atoms with E-state index in [9.17, 15) is 4.79 Å². The molecule has 100 valence electrons. The molecule has 0 unspecified atom stereocenters. The Bertz CT molecular complexity index is 428. The monoisotopic (exact) mass is 252 g/mol. The highest BCUT2D eigenvalue weighted by Gasteiger charge is 2.21. The van der Waals surface area contributed by atoms with Crippen molar-refractivity contribution < 1.29 is 13.9 Å². The zero-order valence-corrected chi connectivity index (χ0v) is 11.2. The van der Waals surface area contributed by atoms with E-state index in [-0.39, 0.29) is 5.97 Å². The molecular formula is C13H20N2O3. The third kappa shape index (κ3) is 2.73. The van der Waals surface area contributed by atoms with Crippen molar-refractivity contribution in [3.63, 3.8) is 0 Å². The van der Waals surface area contributed by atoms with E-state index in [2.05, 4.69) is 17.1 Å². The highest BCUT2D eigenvalue weighted by Crippen LogP contribution is 2.18. The molecule has 2 rings (SSSR count). The molecule has 0 aliphatic carbocycles. The first-order valence-corrected chi connectivity index (χ1v) is 6.24. The van der Waals surface area contributed by atoms with Gasteiger partial charge in [0.05, 0.1) is 13.7 Å². The lowest BCUT2D eigenvalue weighted by atomic mass is 10.2. The molecule has 0 aromatic carbocycles. The first-order chi connectivity index (χ1) is 8.61. The molecule has 0 amide bonds. The molecule has 0 spiro atoms. The van der Waals surface area contributed by atoms with E-state index in [0.29, 0.717) is 17.4 Å². The quantitative estimate of drug-likeness (QED) is 0.818. The van der Waals surface area contributed by atoms with E-state index in [1.54, 1.807) is 13.0 Å². The highest BCUT2D eigenvalue weighted by molar-refractivity contribution is 5.90. The summed E-state index contributed by atoms with van der Waals surface area (Å²) in [5.74, 6) is 1.11. The minimum atomic E-state index is -0.337. The summed E-state index contributed by atoms with van der Waals surface area (Å²) in [4.78, 5) is 13.8. The first-order valence-electron chi connectivity index (χ1n) is 6.24. The number of piperazine rings is 1. The minimum Gasteiger partial charge on any atom is -0.465 e. The molecule has 1 aliphatic rings. The fourth-order valence-corrected chi connectivity index (χ4v) is 2.25. The van der Waals surface area contributed by atoms with Gasteiger partial charge < -0.3 is 14.5 Å². The first kappa shape index (κ1) is 13.1. The number of rotatable bonds is 3. The molecule has 1 atom stereocenters. The van der Waals surface area contributed by atoms with Gasteiger partial charge in [0, 0.05) is 25.7 Å². The van der Waals surface area contributed by atoms with Gasteiger partial charge in [0.15, 0.2) is 0 Å². The van der Waals surface area contributed by atoms with Crippen LogP contribution in [0.1, 0.15) is 28.8 Å². The van der Waals surface area contributed by atoms with E-state index in [1.807, 2.05) is 0 Å². The van der Waals surface area contributed by atoms with Gasteiger partial charge >= 0.3 is 5.97 Å². The Kier molecular flexibility index (Phi) is 4.04. The van der Waals surface area contributed by atoms with Gasteiger partial charge in [0.1, 0.15) is 17.1 Å². The maximum absolute atomic E-state index is 11.5. The Morgan fingerprint density at radius 1 is 1.67 bits per heavy atom. The van der Waals surface area contributed by atoms with Crippen molar-refractivity contribution in [3.8, 4) is 0 Å². The number of methoxy groups -OCH3 is 1. The maximum atomic E-state index is 11.5. The summed E-state index contributed by atoms with van der Waals surface area (Å²) >= 11 is 0. The zero-order chi connectivity index (χ0) is 13.1. The van der Waals surface area contributed by atoms with Crippen LogP contribution in [0.4, 0.5) is 0 Å². The predicted molar refractivity (Wildman–Crippen MR) is 67.5 cm³/mol. The smallest absolute Gasteiger partial charge is 0.341 e. The summed E-state index contributed by atoms with van der Waals surface area (Å²) in [5.41, 5.74) is 0.523. The number of ether oxygens (including phenoxy) is 1. The molecule has 5 heteroatoms. The second-order valence-electron chi connectivity index (χ2n) is 4.70. The molecule has 2 heterocycles. The molecule has 0 bridgehead atoms. The molecule has 1 aromatic heterocycles. The van der Waals surface area contributed by atoms with Crippen molar-refractivity contribution in [1.29, 1.82) is 0 Å². The van der Waals surface area contributed by atoms with Gasteiger partial charge in [-0.1, -0.05) is 0 Å². The fourth-order valence-electron chi connectivity index (χ4n) is 2.25. The normalized spacial score (nSPS) is 20.9. The van der Waals surface area contributed by atoms with Crippen molar-refractivity contribution in [3.05, 3.63) is 23.2 Å². The number of hydrogen-bond acceptors (Lipinski definition) is 5. The Morgan fingerprint density at radius 2 is 2.44 bits per heavy atom. The van der Waals surface area contributed by atoms with Crippen LogP contribution in [0.2, 0.25) is 0 Å². The highest BCUT2D eigenvalue weighted by atomic mass is 16.5. The molecule has 1 aliphatic heterocycles. The van der Waals surface area contributed by atoms with Crippen molar-refractivity contribution in [2.75, 3.05) is 26.7 Å². The van der Waals surface area contributed by atoms with Crippen molar-refractivity contribution in [1.82, 2.24) is 10.2 Å². The van der Waals surface area contributed by atoms with Crippen molar-refractivity contribution >= 4 is 5.97 Å². The second-order valence-corrected chi connectivity index (χ2v) is 4.70. The molecule has 0 radical (unpaired) electrons. The summed E-state index contributed by atoms with van der Waals surface area (Å²) in [6.45, 7) is 7.69. The molecule has 1 aromatic rings. The van der Waals surface area contributed by atoms with Gasteiger partial charge in [-0.2, -0.15) is 0 Å². The maximum Gasteiger partial charge on any atom is 0.341 e. The van der Waals surface area contributed by atoms with Crippen molar-refractivity contribution in [2.24, 2.45) is 0 Å². The Morgan fingerprint density at radius 3 is 3.11 bits per heavy atom. The summed E-state index contributed by atoms with van der Waals surface area (Å²) < 4.78 is 10.3. The van der Waals surface area contributed by atoms with E-state index in [1.165, 1.54) is 7.11 Å². The molecule has 1 N–H and O–H groups in total. The third-order valence-corrected chi connectivity index (χ3v) is 3.37. The SMILES string of the molecule is COC(=O)c1cc(CN2CCNC[C@H]2C)oc1C. The van der Waals surface area contributed by atoms with Crippen LogP contribution < -0.4 is 5.32 Å². The van der Waals surface area contributed by atoms with E-state index in [4.69, 9.17) is 9.15 Å². The van der Waals surface area contributed by atoms with Crippen LogP contribution in [0.5, 0.6) is 0 Å². The minimum absolute atomic E-state index is 0.337. The van der Waals surface area contributed by atoms with Crippen LogP contribution in [0.25, 0.3) is 0 Å². The van der Waals surface area contributed by atoms with Gasteiger partial charge in [-0.3, -0.25) is 4.90 Å². The van der Waals surface area contributed by atoms with Gasteiger partial charge in [0.25, 0.3) is 0 Å². The number of esters is 1. The third-order valence-electron chi connectivity index (χ3n) is 3.37. The number of nitrogens with zero attached hydrogens (tertiary/aromatic N) is 1. The fraction of sp³-hybridized carbons (Fsp3) is 0.615. The molecule has 1 saturated heterocycles. The topological polar surface area (TPSA) is 54.7 Å². The molecule has 0 saturated carbocycles. The van der Waals surface area contributed by atoms with Crippen LogP contribution in [0.3, 0.4) is 0 Å². The second kappa shape index (κ2) is 5.54. The predicted octanol–water partition coefficient (Wildman–Crippen LogP) is 1.17. The van der Waals surface area contributed by atoms with Gasteiger partial charge in [-0.25, -0.2) is 4.79 Å². The largest absolute Gasteiger partial charge is 0.465 e. The number of hydrogen-bond donors (Lipinski definition) is 1.